The van der Waals surface area contributed by atoms with Crippen LogP contribution in [0.1, 0.15) is 32.6 Å². The maximum atomic E-state index is 12.5. The number of piperidine rings is 1. The van der Waals surface area contributed by atoms with Crippen LogP contribution >= 0.6 is 0 Å². The van der Waals surface area contributed by atoms with Gasteiger partial charge in [0.15, 0.2) is 0 Å². The fourth-order valence-corrected chi connectivity index (χ4v) is 2.78. The van der Waals surface area contributed by atoms with Gasteiger partial charge in [0.25, 0.3) is 0 Å². The van der Waals surface area contributed by atoms with Crippen molar-refractivity contribution in [2.24, 2.45) is 5.73 Å². The van der Waals surface area contributed by atoms with Crippen molar-refractivity contribution in [2.75, 3.05) is 26.3 Å². The van der Waals surface area contributed by atoms with Crippen LogP contribution in [0.2, 0.25) is 0 Å². The smallest absolute Gasteiger partial charge is 0.242 e. The third-order valence-corrected chi connectivity index (χ3v) is 4.00. The van der Waals surface area contributed by atoms with Crippen molar-refractivity contribution in [2.45, 2.75) is 44.2 Å². The van der Waals surface area contributed by atoms with E-state index in [4.69, 9.17) is 10.5 Å². The molecule has 2 fully saturated rings. The minimum Gasteiger partial charge on any atom is -0.381 e. The van der Waals surface area contributed by atoms with Crippen LogP contribution < -0.4 is 11.1 Å². The molecule has 0 aromatic rings. The molecule has 2 aliphatic heterocycles. The topological polar surface area (TPSA) is 84.7 Å². The summed E-state index contributed by atoms with van der Waals surface area (Å²) in [5, 5.41) is 2.90. The molecule has 2 amide bonds. The van der Waals surface area contributed by atoms with Gasteiger partial charge < -0.3 is 20.7 Å². The monoisotopic (exact) mass is 269 g/mol. The van der Waals surface area contributed by atoms with Gasteiger partial charge >= 0.3 is 0 Å². The Morgan fingerprint density at radius 1 is 1.26 bits per heavy atom. The molecule has 19 heavy (non-hydrogen) atoms. The zero-order valence-corrected chi connectivity index (χ0v) is 11.5. The number of hydrogen-bond donors (Lipinski definition) is 2. The largest absolute Gasteiger partial charge is 0.381 e. The molecule has 0 unspecified atom stereocenters. The Labute approximate surface area is 113 Å². The Balaban J connectivity index is 1.86. The van der Waals surface area contributed by atoms with E-state index in [2.05, 4.69) is 5.32 Å². The van der Waals surface area contributed by atoms with Gasteiger partial charge in [-0.1, -0.05) is 0 Å². The summed E-state index contributed by atoms with van der Waals surface area (Å²) in [5.41, 5.74) is 5.46. The highest BCUT2D eigenvalue weighted by atomic mass is 16.5. The number of rotatable bonds is 2. The van der Waals surface area contributed by atoms with Crippen LogP contribution in [0.5, 0.6) is 0 Å². The standard InChI is InChI=1S/C13H23N3O3/c1-10(17)15-11-2-6-16(7-3-11)12(18)13(14)4-8-19-9-5-13/h11H,2-9,14H2,1H3,(H,15,17). The summed E-state index contributed by atoms with van der Waals surface area (Å²) in [6, 6.07) is 0.185. The number of carbonyl (C=O) groups excluding carboxylic acids is 2. The highest BCUT2D eigenvalue weighted by Gasteiger charge is 2.39. The molecule has 6 heteroatoms. The Morgan fingerprint density at radius 2 is 1.84 bits per heavy atom. The first kappa shape index (κ1) is 14.3. The Bertz CT molecular complexity index is 345. The number of nitrogens with two attached hydrogens (primary N) is 1. The summed E-state index contributed by atoms with van der Waals surface area (Å²) in [6.45, 7) is 3.98. The lowest BCUT2D eigenvalue weighted by Crippen LogP contribution is -2.60. The number of nitrogens with zero attached hydrogens (tertiary/aromatic N) is 1. The molecule has 0 bridgehead atoms. The van der Waals surface area contributed by atoms with E-state index in [0.717, 1.165) is 12.8 Å². The van der Waals surface area contributed by atoms with Crippen molar-refractivity contribution in [1.29, 1.82) is 0 Å². The number of amides is 2. The van der Waals surface area contributed by atoms with E-state index in [9.17, 15) is 9.59 Å². The number of hydrogen-bond acceptors (Lipinski definition) is 4. The lowest BCUT2D eigenvalue weighted by molar-refractivity contribution is -0.141. The second-order valence-corrected chi connectivity index (χ2v) is 5.54. The van der Waals surface area contributed by atoms with Crippen molar-refractivity contribution in [1.82, 2.24) is 10.2 Å². The van der Waals surface area contributed by atoms with Crippen molar-refractivity contribution in [3.8, 4) is 0 Å². The third-order valence-electron chi connectivity index (χ3n) is 4.00. The van der Waals surface area contributed by atoms with E-state index in [0.29, 0.717) is 39.1 Å². The Hall–Kier alpha value is -1.14. The predicted molar refractivity (Wildman–Crippen MR) is 70.4 cm³/mol. The second kappa shape index (κ2) is 5.88. The van der Waals surface area contributed by atoms with Gasteiger partial charge in [-0.15, -0.1) is 0 Å². The van der Waals surface area contributed by atoms with Crippen LogP contribution in [0.25, 0.3) is 0 Å². The minimum absolute atomic E-state index is 0.00972. The van der Waals surface area contributed by atoms with Crippen molar-refractivity contribution < 1.29 is 14.3 Å². The quantitative estimate of drug-likeness (QED) is 0.716. The summed E-state index contributed by atoms with van der Waals surface area (Å²) < 4.78 is 5.26. The van der Waals surface area contributed by atoms with E-state index in [1.165, 1.54) is 6.92 Å². The van der Waals surface area contributed by atoms with E-state index >= 15 is 0 Å². The molecule has 0 aromatic heterocycles. The van der Waals surface area contributed by atoms with Gasteiger partial charge in [-0.2, -0.15) is 0 Å². The molecule has 0 aromatic carbocycles. The van der Waals surface area contributed by atoms with Crippen LogP contribution in [0, 0.1) is 0 Å². The van der Waals surface area contributed by atoms with Gasteiger partial charge in [0.05, 0.1) is 5.54 Å². The average molecular weight is 269 g/mol. The van der Waals surface area contributed by atoms with Crippen LogP contribution in [0.4, 0.5) is 0 Å². The number of ether oxygens (including phenoxy) is 1. The van der Waals surface area contributed by atoms with E-state index in [-0.39, 0.29) is 17.9 Å². The fourth-order valence-electron chi connectivity index (χ4n) is 2.78. The zero-order chi connectivity index (χ0) is 13.9. The van der Waals surface area contributed by atoms with Gasteiger partial charge in [-0.3, -0.25) is 9.59 Å². The van der Waals surface area contributed by atoms with Crippen molar-refractivity contribution in [3.05, 3.63) is 0 Å². The molecule has 0 saturated carbocycles. The molecule has 0 aliphatic carbocycles. The highest BCUT2D eigenvalue weighted by molar-refractivity contribution is 5.86. The van der Waals surface area contributed by atoms with Gasteiger partial charge in [-0.25, -0.2) is 0 Å². The first-order chi connectivity index (χ1) is 9.01. The predicted octanol–water partition coefficient (Wildman–Crippen LogP) is -0.379. The first-order valence-electron chi connectivity index (χ1n) is 6.94. The molecule has 2 heterocycles. The molecule has 2 aliphatic rings. The maximum absolute atomic E-state index is 12.5. The number of nitrogens with one attached hydrogen (secondary N) is 1. The van der Waals surface area contributed by atoms with Crippen LogP contribution in [-0.4, -0.2) is 54.6 Å². The maximum Gasteiger partial charge on any atom is 0.242 e. The van der Waals surface area contributed by atoms with Gasteiger partial charge in [-0.05, 0) is 25.7 Å². The summed E-state index contributed by atoms with van der Waals surface area (Å²) in [5.74, 6) is 0.0292. The summed E-state index contributed by atoms with van der Waals surface area (Å²) >= 11 is 0. The van der Waals surface area contributed by atoms with E-state index < -0.39 is 5.54 Å². The van der Waals surface area contributed by atoms with Crippen LogP contribution in [0.15, 0.2) is 0 Å². The molecule has 0 radical (unpaired) electrons. The molecule has 108 valence electrons. The summed E-state index contributed by atoms with van der Waals surface area (Å²) in [4.78, 5) is 25.3. The Morgan fingerprint density at radius 3 is 2.37 bits per heavy atom. The number of carbonyl (C=O) groups is 2. The van der Waals surface area contributed by atoms with Gasteiger partial charge in [0.2, 0.25) is 11.8 Å². The molecule has 0 spiro atoms. The molecular formula is C13H23N3O3. The summed E-state index contributed by atoms with van der Waals surface area (Å²) in [7, 11) is 0. The number of likely N-dealkylation sites (tertiary alicyclic amines) is 1. The molecule has 0 atom stereocenters. The highest BCUT2D eigenvalue weighted by Crippen LogP contribution is 2.22. The molecule has 3 N–H and O–H groups in total. The minimum atomic E-state index is -0.751. The Kier molecular flexibility index (Phi) is 4.42. The van der Waals surface area contributed by atoms with Crippen molar-refractivity contribution >= 4 is 11.8 Å². The third kappa shape index (κ3) is 3.45. The van der Waals surface area contributed by atoms with Crippen LogP contribution in [0.3, 0.4) is 0 Å². The first-order valence-corrected chi connectivity index (χ1v) is 6.94. The van der Waals surface area contributed by atoms with Crippen molar-refractivity contribution in [3.63, 3.8) is 0 Å². The zero-order valence-electron chi connectivity index (χ0n) is 11.5. The lowest BCUT2D eigenvalue weighted by Gasteiger charge is -2.39. The molecule has 2 saturated heterocycles. The lowest BCUT2D eigenvalue weighted by atomic mass is 9.88. The van der Waals surface area contributed by atoms with E-state index in [1.807, 2.05) is 4.90 Å². The fraction of sp³-hybridized carbons (Fsp3) is 0.846. The molecular weight excluding hydrogens is 246 g/mol. The SMILES string of the molecule is CC(=O)NC1CCN(C(=O)C2(N)CCOCC2)CC1. The van der Waals surface area contributed by atoms with Gasteiger partial charge in [0.1, 0.15) is 0 Å². The van der Waals surface area contributed by atoms with E-state index in [1.54, 1.807) is 0 Å². The van der Waals surface area contributed by atoms with Gasteiger partial charge in [0, 0.05) is 39.3 Å². The second-order valence-electron chi connectivity index (χ2n) is 5.54. The average Bonchev–Trinajstić information content (AvgIpc) is 2.39. The normalized spacial score (nSPS) is 24.0. The summed E-state index contributed by atoms with van der Waals surface area (Å²) in [6.07, 6.45) is 2.80. The van der Waals surface area contributed by atoms with Crippen LogP contribution in [-0.2, 0) is 14.3 Å². The molecule has 2 rings (SSSR count). The molecule has 6 nitrogen and oxygen atoms in total.